The van der Waals surface area contributed by atoms with Crippen LogP contribution in [0.25, 0.3) is 5.57 Å². The van der Waals surface area contributed by atoms with E-state index in [9.17, 15) is 13.6 Å². The summed E-state index contributed by atoms with van der Waals surface area (Å²) in [4.78, 5) is 16.0. The minimum absolute atomic E-state index is 0.0495. The molecule has 2 aromatic carbocycles. The van der Waals surface area contributed by atoms with Crippen LogP contribution in [0.15, 0.2) is 51.7 Å². The van der Waals surface area contributed by atoms with Crippen LogP contribution < -0.4 is 9.47 Å². The summed E-state index contributed by atoms with van der Waals surface area (Å²) in [5.74, 6) is -1.58. The third kappa shape index (κ3) is 6.18. The van der Waals surface area contributed by atoms with Crippen LogP contribution in [0.4, 0.5) is 14.5 Å². The first-order chi connectivity index (χ1) is 14.7. The highest BCUT2D eigenvalue weighted by Crippen LogP contribution is 2.36. The predicted molar refractivity (Wildman–Crippen MR) is 120 cm³/mol. The van der Waals surface area contributed by atoms with Gasteiger partial charge >= 0.3 is 5.97 Å². The molecule has 3 rings (SSSR count). The molecule has 0 bridgehead atoms. The lowest BCUT2D eigenvalue weighted by atomic mass is 10.1. The molecule has 8 heteroatoms. The van der Waals surface area contributed by atoms with Gasteiger partial charge in [-0.2, -0.15) is 0 Å². The zero-order chi connectivity index (χ0) is 23.1. The molecule has 0 aliphatic carbocycles. The van der Waals surface area contributed by atoms with E-state index in [-0.39, 0.29) is 4.91 Å². The SMILES string of the molecule is C=C(C)S/C(C(=O)O)=C(\C)c1ccc(F)c(F)c1.COc1cc2c(cc1OC)N=CC2. The van der Waals surface area contributed by atoms with Gasteiger partial charge in [-0.05, 0) is 53.7 Å². The topological polar surface area (TPSA) is 68.1 Å². The number of aliphatic carboxylic acids is 1. The summed E-state index contributed by atoms with van der Waals surface area (Å²) >= 11 is 0.990. The van der Waals surface area contributed by atoms with Gasteiger partial charge in [0, 0.05) is 18.7 Å². The van der Waals surface area contributed by atoms with Gasteiger partial charge in [0.15, 0.2) is 23.1 Å². The first-order valence-corrected chi connectivity index (χ1v) is 10.00. The number of hydrogen-bond donors (Lipinski definition) is 1. The number of ether oxygens (including phenoxy) is 2. The second-order valence-corrected chi connectivity index (χ2v) is 7.85. The fraction of sp³-hybridized carbons (Fsp3) is 0.217. The van der Waals surface area contributed by atoms with Crippen LogP contribution in [0.1, 0.15) is 25.0 Å². The normalized spacial score (nSPS) is 12.3. The lowest BCUT2D eigenvalue weighted by Crippen LogP contribution is -2.00. The van der Waals surface area contributed by atoms with E-state index in [0.29, 0.717) is 16.0 Å². The van der Waals surface area contributed by atoms with Crippen LogP contribution in [0.3, 0.4) is 0 Å². The molecule has 164 valence electrons. The van der Waals surface area contributed by atoms with Crippen molar-refractivity contribution >= 4 is 35.2 Å². The van der Waals surface area contributed by atoms with Crippen molar-refractivity contribution in [1.29, 1.82) is 0 Å². The van der Waals surface area contributed by atoms with Crippen LogP contribution in [-0.2, 0) is 11.2 Å². The standard InChI is InChI=1S/C13H12F2O2S.C10H11NO2/c1-7(2)18-12(13(16)17)8(3)9-4-5-10(14)11(15)6-9;1-12-9-5-7-3-4-11-8(7)6-10(9)13-2/h4-6H,1H2,2-3H3,(H,16,17);4-6H,3H2,1-2H3/b12-8+;. The fourth-order valence-electron chi connectivity index (χ4n) is 2.75. The van der Waals surface area contributed by atoms with Crippen molar-refractivity contribution in [3.63, 3.8) is 0 Å². The number of carboxylic acid groups (broad SMARTS) is 1. The van der Waals surface area contributed by atoms with E-state index in [1.54, 1.807) is 28.1 Å². The molecule has 0 saturated heterocycles. The van der Waals surface area contributed by atoms with E-state index in [0.717, 1.165) is 47.5 Å². The second kappa shape index (κ2) is 10.8. The lowest BCUT2D eigenvalue weighted by Gasteiger charge is -2.08. The maximum atomic E-state index is 13.1. The van der Waals surface area contributed by atoms with E-state index in [4.69, 9.17) is 14.6 Å². The maximum Gasteiger partial charge on any atom is 0.342 e. The number of nitrogens with zero attached hydrogens (tertiary/aromatic N) is 1. The fourth-order valence-corrected chi connectivity index (χ4v) is 3.46. The van der Waals surface area contributed by atoms with Gasteiger partial charge < -0.3 is 14.6 Å². The molecule has 0 amide bonds. The molecule has 0 saturated carbocycles. The van der Waals surface area contributed by atoms with E-state index < -0.39 is 17.6 Å². The van der Waals surface area contributed by atoms with Crippen LogP contribution >= 0.6 is 11.8 Å². The zero-order valence-electron chi connectivity index (χ0n) is 17.7. The van der Waals surface area contributed by atoms with Gasteiger partial charge in [-0.15, -0.1) is 0 Å². The minimum atomic E-state index is -1.12. The predicted octanol–water partition coefficient (Wildman–Crippen LogP) is 6.01. The summed E-state index contributed by atoms with van der Waals surface area (Å²) in [6.07, 6.45) is 2.78. The number of halogens is 2. The molecule has 1 N–H and O–H groups in total. The molecule has 0 fully saturated rings. The number of carbonyl (C=O) groups is 1. The second-order valence-electron chi connectivity index (χ2n) is 6.54. The van der Waals surface area contributed by atoms with Gasteiger partial charge in [0.2, 0.25) is 0 Å². The summed E-state index contributed by atoms with van der Waals surface area (Å²) in [7, 11) is 3.27. The average molecular weight is 448 g/mol. The summed E-state index contributed by atoms with van der Waals surface area (Å²) in [6.45, 7) is 6.84. The molecule has 1 heterocycles. The largest absolute Gasteiger partial charge is 0.493 e. The highest BCUT2D eigenvalue weighted by Gasteiger charge is 2.15. The molecule has 0 aromatic heterocycles. The van der Waals surface area contributed by atoms with Crippen molar-refractivity contribution in [1.82, 2.24) is 0 Å². The smallest absolute Gasteiger partial charge is 0.342 e. The number of carboxylic acids is 1. The number of benzene rings is 2. The lowest BCUT2D eigenvalue weighted by molar-refractivity contribution is -0.131. The van der Waals surface area contributed by atoms with E-state index >= 15 is 0 Å². The van der Waals surface area contributed by atoms with E-state index in [2.05, 4.69) is 11.6 Å². The van der Waals surface area contributed by atoms with Gasteiger partial charge in [0.1, 0.15) is 4.91 Å². The van der Waals surface area contributed by atoms with Crippen molar-refractivity contribution in [2.45, 2.75) is 20.3 Å². The first kappa shape index (κ1) is 24.1. The molecule has 0 spiro atoms. The summed E-state index contributed by atoms with van der Waals surface area (Å²) in [5, 5.41) is 9.09. The van der Waals surface area contributed by atoms with Gasteiger partial charge in [0.05, 0.1) is 19.9 Å². The molecular weight excluding hydrogens is 424 g/mol. The highest BCUT2D eigenvalue weighted by molar-refractivity contribution is 8.07. The maximum absolute atomic E-state index is 13.1. The highest BCUT2D eigenvalue weighted by atomic mass is 32.2. The third-order valence-electron chi connectivity index (χ3n) is 4.29. The van der Waals surface area contributed by atoms with Gasteiger partial charge in [-0.1, -0.05) is 24.4 Å². The summed E-state index contributed by atoms with van der Waals surface area (Å²) in [6, 6.07) is 7.17. The van der Waals surface area contributed by atoms with Crippen molar-refractivity contribution in [3.05, 3.63) is 69.5 Å². The Morgan fingerprint density at radius 2 is 1.74 bits per heavy atom. The molecule has 31 heavy (non-hydrogen) atoms. The number of fused-ring (bicyclic) bond motifs is 1. The Hall–Kier alpha value is -3.13. The molecule has 0 unspecified atom stereocenters. The molecule has 0 radical (unpaired) electrons. The molecule has 1 aliphatic heterocycles. The Morgan fingerprint density at radius 3 is 2.29 bits per heavy atom. The Labute approximate surface area is 184 Å². The van der Waals surface area contributed by atoms with Crippen LogP contribution in [0.5, 0.6) is 11.5 Å². The molecular formula is C23H23F2NO4S. The van der Waals surface area contributed by atoms with Crippen molar-refractivity contribution in [2.75, 3.05) is 14.2 Å². The van der Waals surface area contributed by atoms with Crippen LogP contribution in [-0.4, -0.2) is 31.5 Å². The van der Waals surface area contributed by atoms with Crippen LogP contribution in [0, 0.1) is 11.6 Å². The Bertz CT molecular complexity index is 1060. The quantitative estimate of drug-likeness (QED) is 0.549. The minimum Gasteiger partial charge on any atom is -0.493 e. The van der Waals surface area contributed by atoms with E-state index in [1.165, 1.54) is 11.6 Å². The number of rotatable bonds is 6. The number of allylic oxidation sites excluding steroid dienone is 2. The molecule has 1 aliphatic rings. The van der Waals surface area contributed by atoms with Gasteiger partial charge in [-0.25, -0.2) is 13.6 Å². The Morgan fingerprint density at radius 1 is 1.10 bits per heavy atom. The Kier molecular flexibility index (Phi) is 8.38. The monoisotopic (exact) mass is 447 g/mol. The number of thioether (sulfide) groups is 1. The summed E-state index contributed by atoms with van der Waals surface area (Å²) < 4.78 is 36.2. The average Bonchev–Trinajstić information content (AvgIpc) is 3.20. The zero-order valence-corrected chi connectivity index (χ0v) is 18.5. The van der Waals surface area contributed by atoms with Crippen molar-refractivity contribution < 1.29 is 28.2 Å². The van der Waals surface area contributed by atoms with Gasteiger partial charge in [-0.3, -0.25) is 4.99 Å². The van der Waals surface area contributed by atoms with Crippen molar-refractivity contribution in [3.8, 4) is 11.5 Å². The molecule has 5 nitrogen and oxygen atoms in total. The number of hydrogen-bond acceptors (Lipinski definition) is 5. The molecule has 2 aromatic rings. The Balaban J connectivity index is 0.000000231. The summed E-state index contributed by atoms with van der Waals surface area (Å²) in [5.41, 5.74) is 2.88. The van der Waals surface area contributed by atoms with Crippen LogP contribution in [0.2, 0.25) is 0 Å². The van der Waals surface area contributed by atoms with Crippen molar-refractivity contribution in [2.24, 2.45) is 4.99 Å². The van der Waals surface area contributed by atoms with Gasteiger partial charge in [0.25, 0.3) is 0 Å². The number of aliphatic imine (C=N–C) groups is 1. The third-order valence-corrected chi connectivity index (χ3v) is 5.32. The number of methoxy groups -OCH3 is 2. The van der Waals surface area contributed by atoms with E-state index in [1.807, 2.05) is 18.3 Å². The molecule has 0 atom stereocenters. The first-order valence-electron chi connectivity index (χ1n) is 9.18.